The zero-order valence-corrected chi connectivity index (χ0v) is 18.7. The molecule has 1 heterocycles. The van der Waals surface area contributed by atoms with E-state index in [0.717, 1.165) is 28.6 Å². The minimum atomic E-state index is -3.97. The van der Waals surface area contributed by atoms with Gasteiger partial charge in [0.2, 0.25) is 15.9 Å². The van der Waals surface area contributed by atoms with E-state index in [1.54, 1.807) is 24.3 Å². The molecule has 3 aromatic carbocycles. The van der Waals surface area contributed by atoms with Crippen LogP contribution in [0, 0.1) is 17.5 Å². The number of carbonyl (C=O) groups excluding carboxylic acids is 1. The number of carbonyl (C=O) groups is 1. The van der Waals surface area contributed by atoms with E-state index in [4.69, 9.17) is 0 Å². The van der Waals surface area contributed by atoms with Crippen molar-refractivity contribution in [3.63, 3.8) is 0 Å². The molecule has 1 atom stereocenters. The molecular formula is C24H21F3N2O4S. The maximum absolute atomic E-state index is 13.7. The molecule has 0 saturated carbocycles. The second-order valence-electron chi connectivity index (χ2n) is 7.93. The third-order valence-electron chi connectivity index (χ3n) is 5.67. The maximum atomic E-state index is 13.7. The molecular weight excluding hydrogens is 469 g/mol. The molecule has 6 nitrogen and oxygen atoms in total. The molecule has 1 aliphatic rings. The Morgan fingerprint density at radius 1 is 1.00 bits per heavy atom. The molecule has 4 rings (SSSR count). The highest BCUT2D eigenvalue weighted by Gasteiger charge is 2.39. The quantitative estimate of drug-likeness (QED) is 0.548. The van der Waals surface area contributed by atoms with Gasteiger partial charge in [0.15, 0.2) is 17.4 Å². The Kier molecular flexibility index (Phi) is 6.63. The normalized spacial score (nSPS) is 16.5. The summed E-state index contributed by atoms with van der Waals surface area (Å²) in [6, 6.07) is 12.2. The van der Waals surface area contributed by atoms with E-state index in [1.165, 1.54) is 12.1 Å². The molecule has 1 saturated heterocycles. The molecule has 1 fully saturated rings. The second-order valence-corrected chi connectivity index (χ2v) is 9.82. The number of sulfonamides is 1. The lowest BCUT2D eigenvalue weighted by Gasteiger charge is -2.23. The minimum Gasteiger partial charge on any atom is -0.503 e. The van der Waals surface area contributed by atoms with Crippen LogP contribution in [0.3, 0.4) is 0 Å². The lowest BCUT2D eigenvalue weighted by atomic mass is 10.0. The number of halogens is 3. The highest BCUT2D eigenvalue weighted by atomic mass is 32.2. The first kappa shape index (κ1) is 23.8. The Morgan fingerprint density at radius 3 is 2.35 bits per heavy atom. The molecule has 0 aromatic heterocycles. The molecule has 10 heteroatoms. The van der Waals surface area contributed by atoms with E-state index in [0.29, 0.717) is 24.0 Å². The van der Waals surface area contributed by atoms with E-state index in [2.05, 4.69) is 5.32 Å². The Balaban J connectivity index is 1.47. The fourth-order valence-corrected chi connectivity index (χ4v) is 5.59. The largest absolute Gasteiger partial charge is 0.503 e. The van der Waals surface area contributed by atoms with Gasteiger partial charge < -0.3 is 10.4 Å². The molecule has 0 unspecified atom stereocenters. The van der Waals surface area contributed by atoms with Crippen molar-refractivity contribution in [2.45, 2.75) is 30.3 Å². The summed E-state index contributed by atoms with van der Waals surface area (Å²) in [4.78, 5) is 12.8. The Labute approximate surface area is 194 Å². The number of phenolic OH excluding ortho intramolecular Hbond substituents is 1. The number of phenols is 1. The van der Waals surface area contributed by atoms with Gasteiger partial charge in [-0.05, 0) is 72.0 Å². The van der Waals surface area contributed by atoms with Crippen LogP contribution in [-0.4, -0.2) is 36.3 Å². The van der Waals surface area contributed by atoms with Gasteiger partial charge in [0.1, 0.15) is 11.9 Å². The summed E-state index contributed by atoms with van der Waals surface area (Å²) in [5.41, 5.74) is 1.32. The van der Waals surface area contributed by atoms with Gasteiger partial charge in [0.25, 0.3) is 0 Å². The van der Waals surface area contributed by atoms with Gasteiger partial charge in [-0.25, -0.2) is 21.6 Å². The van der Waals surface area contributed by atoms with Gasteiger partial charge in [-0.3, -0.25) is 4.79 Å². The van der Waals surface area contributed by atoms with Gasteiger partial charge in [0, 0.05) is 13.1 Å². The fourth-order valence-electron chi connectivity index (χ4n) is 3.93. The first-order valence-corrected chi connectivity index (χ1v) is 11.9. The van der Waals surface area contributed by atoms with E-state index in [1.807, 2.05) is 0 Å². The summed E-state index contributed by atoms with van der Waals surface area (Å²) in [7, 11) is -3.97. The topological polar surface area (TPSA) is 86.7 Å². The summed E-state index contributed by atoms with van der Waals surface area (Å²) in [6.07, 6.45) is 0.852. The number of nitrogens with zero attached hydrogens (tertiary/aromatic N) is 1. The van der Waals surface area contributed by atoms with Crippen molar-refractivity contribution in [1.82, 2.24) is 9.62 Å². The average Bonchev–Trinajstić information content (AvgIpc) is 3.32. The third kappa shape index (κ3) is 4.78. The summed E-state index contributed by atoms with van der Waals surface area (Å²) < 4.78 is 67.6. The summed E-state index contributed by atoms with van der Waals surface area (Å²) in [6.45, 7) is 0.238. The van der Waals surface area contributed by atoms with E-state index < -0.39 is 45.2 Å². The summed E-state index contributed by atoms with van der Waals surface area (Å²) in [5.74, 6) is -4.26. The number of benzene rings is 3. The van der Waals surface area contributed by atoms with Crippen LogP contribution in [0.5, 0.6) is 5.75 Å². The van der Waals surface area contributed by atoms with Crippen molar-refractivity contribution in [1.29, 1.82) is 0 Å². The molecule has 0 radical (unpaired) electrons. The molecule has 3 aromatic rings. The van der Waals surface area contributed by atoms with Crippen LogP contribution in [0.2, 0.25) is 0 Å². The first-order valence-electron chi connectivity index (χ1n) is 10.5. The third-order valence-corrected chi connectivity index (χ3v) is 7.59. The zero-order chi connectivity index (χ0) is 24.5. The predicted molar refractivity (Wildman–Crippen MR) is 119 cm³/mol. The first-order chi connectivity index (χ1) is 16.2. The molecule has 1 amide bonds. The number of hydrogen-bond acceptors (Lipinski definition) is 4. The molecule has 0 bridgehead atoms. The zero-order valence-electron chi connectivity index (χ0n) is 17.8. The van der Waals surface area contributed by atoms with Crippen molar-refractivity contribution in [3.05, 3.63) is 83.7 Å². The van der Waals surface area contributed by atoms with Crippen LogP contribution >= 0.6 is 0 Å². The molecule has 1 aliphatic heterocycles. The van der Waals surface area contributed by atoms with Gasteiger partial charge in [-0.15, -0.1) is 0 Å². The number of aromatic hydroxyl groups is 1. The summed E-state index contributed by atoms with van der Waals surface area (Å²) >= 11 is 0. The van der Waals surface area contributed by atoms with Crippen LogP contribution in [0.25, 0.3) is 11.1 Å². The van der Waals surface area contributed by atoms with Crippen LogP contribution < -0.4 is 5.32 Å². The van der Waals surface area contributed by atoms with Crippen molar-refractivity contribution < 1.29 is 31.5 Å². The number of hydrogen-bond donors (Lipinski definition) is 2. The highest BCUT2D eigenvalue weighted by molar-refractivity contribution is 7.89. The van der Waals surface area contributed by atoms with Crippen molar-refractivity contribution in [2.75, 3.05) is 6.54 Å². The standard InChI is InChI=1S/C24H21F3N2O4S/c25-18-6-8-19(9-7-18)34(32,33)29-10-2-5-22(29)24(31)28-14-15-3-1-4-16(11-15)17-12-20(26)23(30)21(27)13-17/h1,3-4,6-9,11-13,22,30H,2,5,10,14H2,(H,28,31)/t22-/m0/s1. The van der Waals surface area contributed by atoms with Crippen molar-refractivity contribution in [2.24, 2.45) is 0 Å². The van der Waals surface area contributed by atoms with Crippen LogP contribution in [0.1, 0.15) is 18.4 Å². The second kappa shape index (κ2) is 9.47. The van der Waals surface area contributed by atoms with Gasteiger partial charge in [0.05, 0.1) is 4.90 Å². The van der Waals surface area contributed by atoms with Crippen molar-refractivity contribution in [3.8, 4) is 16.9 Å². The molecule has 34 heavy (non-hydrogen) atoms. The van der Waals surface area contributed by atoms with Crippen LogP contribution in [-0.2, 0) is 21.4 Å². The monoisotopic (exact) mass is 490 g/mol. The van der Waals surface area contributed by atoms with E-state index in [9.17, 15) is 31.5 Å². The Bertz CT molecular complexity index is 1310. The molecule has 0 aliphatic carbocycles. The van der Waals surface area contributed by atoms with E-state index in [-0.39, 0.29) is 23.5 Å². The van der Waals surface area contributed by atoms with Gasteiger partial charge in [-0.2, -0.15) is 4.31 Å². The minimum absolute atomic E-state index is 0.0661. The maximum Gasteiger partial charge on any atom is 0.243 e. The highest BCUT2D eigenvalue weighted by Crippen LogP contribution is 2.29. The SMILES string of the molecule is O=C(NCc1cccc(-c2cc(F)c(O)c(F)c2)c1)[C@@H]1CCCN1S(=O)(=O)c1ccc(F)cc1. The summed E-state index contributed by atoms with van der Waals surface area (Å²) in [5, 5.41) is 12.0. The Morgan fingerprint density at radius 2 is 1.68 bits per heavy atom. The fraction of sp³-hybridized carbons (Fsp3) is 0.208. The number of nitrogens with one attached hydrogen (secondary N) is 1. The van der Waals surface area contributed by atoms with Crippen molar-refractivity contribution >= 4 is 15.9 Å². The molecule has 178 valence electrons. The predicted octanol–water partition coefficient (Wildman–Crippen LogP) is 3.95. The molecule has 2 N–H and O–H groups in total. The van der Waals surface area contributed by atoms with Crippen LogP contribution in [0.4, 0.5) is 13.2 Å². The molecule has 0 spiro atoms. The van der Waals surface area contributed by atoms with Gasteiger partial charge >= 0.3 is 0 Å². The van der Waals surface area contributed by atoms with Gasteiger partial charge in [-0.1, -0.05) is 18.2 Å². The van der Waals surface area contributed by atoms with E-state index >= 15 is 0 Å². The van der Waals surface area contributed by atoms with Crippen LogP contribution in [0.15, 0.2) is 65.6 Å². The average molecular weight is 491 g/mol. The number of amides is 1. The lowest BCUT2D eigenvalue weighted by molar-refractivity contribution is -0.124. The Hall–Kier alpha value is -3.37. The number of rotatable bonds is 6. The smallest absolute Gasteiger partial charge is 0.243 e. The lowest BCUT2D eigenvalue weighted by Crippen LogP contribution is -2.45.